The summed E-state index contributed by atoms with van der Waals surface area (Å²) in [7, 11) is 0. The maximum atomic E-state index is 3.60. The number of unbranched alkanes of at least 4 members (excludes halogenated alkanes) is 5. The van der Waals surface area contributed by atoms with E-state index in [-0.39, 0.29) is 23.1 Å². The SMILES string of the molecule is CCCCCC.[CH2-]CCC.[CH2-]CCC.[Mg+2]. The second kappa shape index (κ2) is 36.4. The van der Waals surface area contributed by atoms with Gasteiger partial charge in [0.2, 0.25) is 0 Å². The van der Waals surface area contributed by atoms with Gasteiger partial charge in [0.1, 0.15) is 0 Å². The minimum Gasteiger partial charge on any atom is -0.343 e. The quantitative estimate of drug-likeness (QED) is 0.331. The van der Waals surface area contributed by atoms with Gasteiger partial charge in [-0.2, -0.15) is 12.8 Å². The van der Waals surface area contributed by atoms with Crippen molar-refractivity contribution in [3.63, 3.8) is 0 Å². The van der Waals surface area contributed by atoms with Crippen LogP contribution in [0.15, 0.2) is 0 Å². The Labute approximate surface area is 116 Å². The van der Waals surface area contributed by atoms with Crippen molar-refractivity contribution in [1.29, 1.82) is 0 Å². The minimum absolute atomic E-state index is 0. The molecular formula is C14H32Mg. The molecule has 0 amide bonds. The van der Waals surface area contributed by atoms with Crippen molar-refractivity contribution in [1.82, 2.24) is 0 Å². The maximum Gasteiger partial charge on any atom is 2.00 e. The molecule has 0 fully saturated rings. The van der Waals surface area contributed by atoms with Crippen molar-refractivity contribution in [3.05, 3.63) is 13.8 Å². The molecule has 0 atom stereocenters. The summed E-state index contributed by atoms with van der Waals surface area (Å²) in [5.41, 5.74) is 0. The minimum atomic E-state index is 0. The molecule has 1 heteroatoms. The van der Waals surface area contributed by atoms with E-state index in [0.717, 1.165) is 12.8 Å². The number of hydrogen-bond acceptors (Lipinski definition) is 0. The molecule has 90 valence electrons. The summed E-state index contributed by atoms with van der Waals surface area (Å²) in [6, 6.07) is 0. The maximum absolute atomic E-state index is 3.60. The van der Waals surface area contributed by atoms with Gasteiger partial charge in [-0.15, -0.1) is 0 Å². The Morgan fingerprint density at radius 1 is 0.600 bits per heavy atom. The van der Waals surface area contributed by atoms with Gasteiger partial charge in [-0.3, -0.25) is 0 Å². The molecule has 0 aliphatic heterocycles. The first kappa shape index (κ1) is 24.8. The van der Waals surface area contributed by atoms with Gasteiger partial charge in [-0.05, 0) is 0 Å². The molecule has 0 aliphatic carbocycles. The third-order valence-corrected chi connectivity index (χ3v) is 1.66. The fraction of sp³-hybridized carbons (Fsp3) is 0.857. The van der Waals surface area contributed by atoms with E-state index >= 15 is 0 Å². The van der Waals surface area contributed by atoms with Crippen molar-refractivity contribution >= 4 is 23.1 Å². The largest absolute Gasteiger partial charge is 2.00 e. The molecule has 0 saturated heterocycles. The molecule has 0 aromatic rings. The van der Waals surface area contributed by atoms with Crippen LogP contribution in [0, 0.1) is 13.8 Å². The third kappa shape index (κ3) is 72.4. The van der Waals surface area contributed by atoms with Crippen LogP contribution in [0.4, 0.5) is 0 Å². The van der Waals surface area contributed by atoms with Crippen LogP contribution in [0.25, 0.3) is 0 Å². The Morgan fingerprint density at radius 3 is 0.867 bits per heavy atom. The molecular weight excluding hydrogens is 192 g/mol. The van der Waals surface area contributed by atoms with E-state index in [1.54, 1.807) is 0 Å². The first-order valence-corrected chi connectivity index (χ1v) is 6.33. The van der Waals surface area contributed by atoms with Crippen LogP contribution in [-0.2, 0) is 0 Å². The fourth-order valence-electron chi connectivity index (χ4n) is 0.500. The first-order chi connectivity index (χ1) is 6.74. The monoisotopic (exact) mass is 224 g/mol. The van der Waals surface area contributed by atoms with Crippen LogP contribution in [-0.4, -0.2) is 23.1 Å². The Kier molecular flexibility index (Phi) is 60.3. The Hall–Kier alpha value is 0.766. The molecule has 0 aromatic heterocycles. The summed E-state index contributed by atoms with van der Waals surface area (Å²) < 4.78 is 0. The normalized spacial score (nSPS) is 7.60. The van der Waals surface area contributed by atoms with Crippen LogP contribution in [0.2, 0.25) is 0 Å². The summed E-state index contributed by atoms with van der Waals surface area (Å²) in [5.74, 6) is 0. The van der Waals surface area contributed by atoms with Gasteiger partial charge in [0.15, 0.2) is 0 Å². The predicted molar refractivity (Wildman–Crippen MR) is 76.1 cm³/mol. The smallest absolute Gasteiger partial charge is 0.343 e. The van der Waals surface area contributed by atoms with E-state index in [1.807, 2.05) is 0 Å². The Balaban J connectivity index is -0.0000000606. The van der Waals surface area contributed by atoms with E-state index in [0.29, 0.717) is 0 Å². The van der Waals surface area contributed by atoms with Crippen molar-refractivity contribution < 1.29 is 0 Å². The summed E-state index contributed by atoms with van der Waals surface area (Å²) >= 11 is 0. The zero-order valence-corrected chi connectivity index (χ0v) is 13.2. The summed E-state index contributed by atoms with van der Waals surface area (Å²) in [5, 5.41) is 0. The van der Waals surface area contributed by atoms with Gasteiger partial charge in [0.25, 0.3) is 0 Å². The summed E-state index contributed by atoms with van der Waals surface area (Å²) in [4.78, 5) is 0. The van der Waals surface area contributed by atoms with E-state index < -0.39 is 0 Å². The molecule has 0 nitrogen and oxygen atoms in total. The van der Waals surface area contributed by atoms with E-state index in [4.69, 9.17) is 0 Å². The van der Waals surface area contributed by atoms with Gasteiger partial charge in [0, 0.05) is 0 Å². The van der Waals surface area contributed by atoms with Gasteiger partial charge in [-0.1, -0.05) is 66.2 Å². The molecule has 0 heterocycles. The fourth-order valence-corrected chi connectivity index (χ4v) is 0.500. The topological polar surface area (TPSA) is 0 Å². The number of hydrogen-bond donors (Lipinski definition) is 0. The van der Waals surface area contributed by atoms with E-state index in [9.17, 15) is 0 Å². The molecule has 0 saturated carbocycles. The van der Waals surface area contributed by atoms with Crippen molar-refractivity contribution in [2.75, 3.05) is 0 Å². The molecule has 0 unspecified atom stereocenters. The van der Waals surface area contributed by atoms with Crippen LogP contribution >= 0.6 is 0 Å². The second-order valence-electron chi connectivity index (χ2n) is 3.41. The number of rotatable bonds is 5. The molecule has 0 rings (SSSR count). The predicted octanol–water partition coefficient (Wildman–Crippen LogP) is 5.45. The Morgan fingerprint density at radius 2 is 0.800 bits per heavy atom. The summed E-state index contributed by atoms with van der Waals surface area (Å²) in [6.45, 7) is 15.9. The van der Waals surface area contributed by atoms with Crippen LogP contribution in [0.3, 0.4) is 0 Å². The molecule has 0 aliphatic rings. The van der Waals surface area contributed by atoms with Crippen molar-refractivity contribution in [2.24, 2.45) is 0 Å². The van der Waals surface area contributed by atoms with Crippen LogP contribution < -0.4 is 0 Å². The van der Waals surface area contributed by atoms with Crippen LogP contribution in [0.5, 0.6) is 0 Å². The average Bonchev–Trinajstić information content (AvgIpc) is 2.27. The molecule has 0 radical (unpaired) electrons. The van der Waals surface area contributed by atoms with Crippen LogP contribution in [0.1, 0.15) is 79.1 Å². The zero-order chi connectivity index (χ0) is 11.7. The molecule has 0 N–H and O–H groups in total. The van der Waals surface area contributed by atoms with Crippen molar-refractivity contribution in [3.8, 4) is 0 Å². The average molecular weight is 225 g/mol. The van der Waals surface area contributed by atoms with Gasteiger partial charge < -0.3 is 13.8 Å². The van der Waals surface area contributed by atoms with Gasteiger partial charge >= 0.3 is 23.1 Å². The van der Waals surface area contributed by atoms with Gasteiger partial charge in [0.05, 0.1) is 0 Å². The molecule has 15 heavy (non-hydrogen) atoms. The first-order valence-electron chi connectivity index (χ1n) is 6.33. The second-order valence-corrected chi connectivity index (χ2v) is 3.41. The zero-order valence-electron chi connectivity index (χ0n) is 11.8. The molecule has 0 spiro atoms. The molecule has 0 aromatic carbocycles. The van der Waals surface area contributed by atoms with E-state index in [2.05, 4.69) is 41.5 Å². The third-order valence-electron chi connectivity index (χ3n) is 1.66. The summed E-state index contributed by atoms with van der Waals surface area (Å²) in [6.07, 6.45) is 10.1. The Bertz CT molecular complexity index is 41.3. The molecule has 0 bridgehead atoms. The van der Waals surface area contributed by atoms with Gasteiger partial charge in [-0.25, -0.2) is 0 Å². The van der Waals surface area contributed by atoms with E-state index in [1.165, 1.54) is 38.5 Å². The van der Waals surface area contributed by atoms with Crippen molar-refractivity contribution in [2.45, 2.75) is 79.1 Å². The standard InChI is InChI=1S/C6H14.2C4H9.Mg/c1-3-5-6-4-2;2*1-3-4-2;/h3-6H2,1-2H3;2*1,3-4H2,2H3;/q;2*-1;+2.